The van der Waals surface area contributed by atoms with Crippen LogP contribution in [0, 0.1) is 5.82 Å². The van der Waals surface area contributed by atoms with Crippen LogP contribution in [-0.4, -0.2) is 43.4 Å². The Morgan fingerprint density at radius 1 is 1.26 bits per heavy atom. The topological polar surface area (TPSA) is 110 Å². The molecule has 4 aromatic rings. The second-order valence-corrected chi connectivity index (χ2v) is 7.83. The molecular weight excluding hydrogens is 439 g/mol. The van der Waals surface area contributed by atoms with Gasteiger partial charge < -0.3 is 20.7 Å². The van der Waals surface area contributed by atoms with Crippen molar-refractivity contribution in [2.24, 2.45) is 0 Å². The number of rotatable bonds is 7. The first kappa shape index (κ1) is 21.6. The van der Waals surface area contributed by atoms with Crippen LogP contribution in [0.2, 0.25) is 0 Å². The van der Waals surface area contributed by atoms with Gasteiger partial charge in [-0.1, -0.05) is 6.58 Å². The van der Waals surface area contributed by atoms with Crippen molar-refractivity contribution < 1.29 is 13.9 Å². The van der Waals surface area contributed by atoms with Crippen LogP contribution in [0.1, 0.15) is 18.9 Å². The van der Waals surface area contributed by atoms with Crippen molar-refractivity contribution in [1.29, 1.82) is 0 Å². The van der Waals surface area contributed by atoms with Crippen LogP contribution in [-0.2, 0) is 4.79 Å². The average Bonchev–Trinajstić information content (AvgIpc) is 3.51. The van der Waals surface area contributed by atoms with Crippen LogP contribution in [0.15, 0.2) is 61.6 Å². The molecule has 11 heteroatoms. The lowest BCUT2D eigenvalue weighted by Gasteiger charge is -2.22. The molecule has 0 spiro atoms. The van der Waals surface area contributed by atoms with E-state index in [1.807, 2.05) is 10.9 Å². The monoisotopic (exact) mass is 462 g/mol. The molecule has 1 saturated heterocycles. The normalized spacial score (nSPS) is 14.1. The number of amides is 1. The van der Waals surface area contributed by atoms with E-state index in [1.165, 1.54) is 18.2 Å². The number of carbonyl (C=O) groups is 1. The quantitative estimate of drug-likeness (QED) is 0.360. The van der Waals surface area contributed by atoms with Gasteiger partial charge in [-0.3, -0.25) is 9.48 Å². The van der Waals surface area contributed by atoms with Crippen molar-refractivity contribution in [3.63, 3.8) is 0 Å². The number of fused-ring (bicyclic) bond motifs is 1. The number of piperidine rings is 1. The predicted molar refractivity (Wildman–Crippen MR) is 125 cm³/mol. The van der Waals surface area contributed by atoms with E-state index in [2.05, 4.69) is 37.7 Å². The van der Waals surface area contributed by atoms with E-state index >= 15 is 0 Å². The van der Waals surface area contributed by atoms with Gasteiger partial charge in [0, 0.05) is 24.1 Å². The number of nitrogens with zero attached hydrogens (tertiary/aromatic N) is 5. The Morgan fingerprint density at radius 3 is 2.94 bits per heavy atom. The van der Waals surface area contributed by atoms with Crippen LogP contribution in [0.5, 0.6) is 11.6 Å². The first-order valence-electron chi connectivity index (χ1n) is 10.9. The summed E-state index contributed by atoms with van der Waals surface area (Å²) < 4.78 is 23.8. The number of hydrogen-bond donors (Lipinski definition) is 3. The minimum atomic E-state index is -0.599. The fourth-order valence-corrected chi connectivity index (χ4v) is 3.79. The van der Waals surface area contributed by atoms with Crippen molar-refractivity contribution in [2.45, 2.75) is 18.9 Å². The zero-order valence-electron chi connectivity index (χ0n) is 18.2. The van der Waals surface area contributed by atoms with Gasteiger partial charge in [0.2, 0.25) is 17.7 Å². The lowest BCUT2D eigenvalue weighted by atomic mass is 10.1. The van der Waals surface area contributed by atoms with Crippen molar-refractivity contribution in [1.82, 2.24) is 29.7 Å². The molecule has 5 rings (SSSR count). The summed E-state index contributed by atoms with van der Waals surface area (Å²) in [7, 11) is 0. The molecule has 10 nitrogen and oxygen atoms in total. The molecule has 0 aliphatic carbocycles. The molecule has 0 saturated carbocycles. The molecule has 0 atom stereocenters. The largest absolute Gasteiger partial charge is 0.434 e. The van der Waals surface area contributed by atoms with Gasteiger partial charge in [-0.05, 0) is 56.3 Å². The first-order chi connectivity index (χ1) is 16.6. The van der Waals surface area contributed by atoms with Gasteiger partial charge in [-0.15, -0.1) is 5.10 Å². The molecule has 34 heavy (non-hydrogen) atoms. The van der Waals surface area contributed by atoms with E-state index in [9.17, 15) is 9.18 Å². The van der Waals surface area contributed by atoms with Crippen LogP contribution >= 0.6 is 0 Å². The lowest BCUT2D eigenvalue weighted by Crippen LogP contribution is -2.29. The molecule has 0 bridgehead atoms. The zero-order chi connectivity index (χ0) is 23.5. The predicted octanol–water partition coefficient (Wildman–Crippen LogP) is 3.65. The van der Waals surface area contributed by atoms with Gasteiger partial charge in [-0.25, -0.2) is 8.91 Å². The maximum atomic E-state index is 14.5. The minimum absolute atomic E-state index is 0.0895. The number of benzene rings is 1. The van der Waals surface area contributed by atoms with E-state index < -0.39 is 11.7 Å². The zero-order valence-corrected chi connectivity index (χ0v) is 18.2. The maximum Gasteiger partial charge on any atom is 0.248 e. The molecular formula is C23H23FN8O2. The van der Waals surface area contributed by atoms with Crippen molar-refractivity contribution in [3.8, 4) is 11.6 Å². The fourth-order valence-electron chi connectivity index (χ4n) is 3.79. The van der Waals surface area contributed by atoms with Gasteiger partial charge in [0.1, 0.15) is 5.52 Å². The van der Waals surface area contributed by atoms with E-state index in [-0.39, 0.29) is 17.6 Å². The highest BCUT2D eigenvalue weighted by Crippen LogP contribution is 2.30. The highest BCUT2D eigenvalue weighted by Gasteiger charge is 2.17. The average molecular weight is 462 g/mol. The third-order valence-corrected chi connectivity index (χ3v) is 5.49. The molecule has 3 N–H and O–H groups in total. The van der Waals surface area contributed by atoms with E-state index in [0.717, 1.165) is 37.7 Å². The Kier molecular flexibility index (Phi) is 5.91. The summed E-state index contributed by atoms with van der Waals surface area (Å²) in [4.78, 5) is 16.0. The third kappa shape index (κ3) is 4.59. The number of nitrogens with one attached hydrogen (secondary N) is 3. The van der Waals surface area contributed by atoms with Gasteiger partial charge >= 0.3 is 0 Å². The molecule has 1 amide bonds. The van der Waals surface area contributed by atoms with Gasteiger partial charge in [-0.2, -0.15) is 10.1 Å². The molecule has 1 fully saturated rings. The van der Waals surface area contributed by atoms with Gasteiger partial charge in [0.25, 0.3) is 0 Å². The Hall–Kier alpha value is -4.25. The molecule has 4 heterocycles. The van der Waals surface area contributed by atoms with Crippen LogP contribution < -0.4 is 20.7 Å². The fraction of sp³-hybridized carbons (Fsp3) is 0.217. The van der Waals surface area contributed by atoms with Crippen LogP contribution in [0.4, 0.5) is 21.7 Å². The number of hydrogen-bond acceptors (Lipinski definition) is 7. The summed E-state index contributed by atoms with van der Waals surface area (Å²) in [5.74, 6) is -0.685. The summed E-state index contributed by atoms with van der Waals surface area (Å²) in [6, 6.07) is 7.92. The summed E-state index contributed by atoms with van der Waals surface area (Å²) in [5.41, 5.74) is 1.65. The highest BCUT2D eigenvalue weighted by molar-refractivity contribution is 5.98. The summed E-state index contributed by atoms with van der Waals surface area (Å²) in [6.07, 6.45) is 8.54. The summed E-state index contributed by atoms with van der Waals surface area (Å²) in [6.45, 7) is 5.35. The molecule has 1 aliphatic rings. The second kappa shape index (κ2) is 9.32. The standard InChI is InChI=1S/C23H23FN8O2/c1-2-21(33)27-15-5-6-18(24)20(12-15)34-22-19-4-3-11-31(19)30-23(29-22)28-16-13-26-32(14-16)17-7-9-25-10-8-17/h2-6,11-14,17,25H,1,7-10H2,(H,27,33)(H,28,30). The Balaban J connectivity index is 1.41. The molecule has 174 valence electrons. The molecule has 0 radical (unpaired) electrons. The van der Waals surface area contributed by atoms with E-state index in [0.29, 0.717) is 17.2 Å². The van der Waals surface area contributed by atoms with E-state index in [1.54, 1.807) is 29.0 Å². The highest BCUT2D eigenvalue weighted by atomic mass is 19.1. The van der Waals surface area contributed by atoms with Gasteiger partial charge in [0.15, 0.2) is 11.6 Å². The van der Waals surface area contributed by atoms with Crippen LogP contribution in [0.3, 0.4) is 0 Å². The molecule has 1 aliphatic heterocycles. The number of ether oxygens (including phenoxy) is 1. The first-order valence-corrected chi connectivity index (χ1v) is 10.9. The molecule has 3 aromatic heterocycles. The number of anilines is 3. The van der Waals surface area contributed by atoms with Crippen molar-refractivity contribution >= 4 is 28.7 Å². The van der Waals surface area contributed by atoms with E-state index in [4.69, 9.17) is 4.74 Å². The van der Waals surface area contributed by atoms with Crippen molar-refractivity contribution in [2.75, 3.05) is 23.7 Å². The SMILES string of the molecule is C=CC(=O)Nc1ccc(F)c(Oc2nc(Nc3cnn(C4CCNCC4)c3)nn3cccc23)c1. The van der Waals surface area contributed by atoms with Crippen LogP contribution in [0.25, 0.3) is 5.52 Å². The van der Waals surface area contributed by atoms with Gasteiger partial charge in [0.05, 0.1) is 17.9 Å². The Morgan fingerprint density at radius 2 is 2.12 bits per heavy atom. The summed E-state index contributed by atoms with van der Waals surface area (Å²) >= 11 is 0. The Bertz CT molecular complexity index is 1340. The lowest BCUT2D eigenvalue weighted by molar-refractivity contribution is -0.111. The smallest absolute Gasteiger partial charge is 0.248 e. The van der Waals surface area contributed by atoms with Crippen molar-refractivity contribution in [3.05, 3.63) is 67.4 Å². The number of halogens is 1. The minimum Gasteiger partial charge on any atom is -0.434 e. The number of carbonyl (C=O) groups excluding carboxylic acids is 1. The Labute approximate surface area is 194 Å². The maximum absolute atomic E-state index is 14.5. The molecule has 1 aromatic carbocycles. The molecule has 0 unspecified atom stereocenters. The summed E-state index contributed by atoms with van der Waals surface area (Å²) in [5, 5.41) is 18.0. The second-order valence-electron chi connectivity index (χ2n) is 7.83. The number of aromatic nitrogens is 5. The third-order valence-electron chi connectivity index (χ3n) is 5.49.